The van der Waals surface area contributed by atoms with E-state index in [2.05, 4.69) is 25.7 Å². The summed E-state index contributed by atoms with van der Waals surface area (Å²) in [6.07, 6.45) is 6.56. The molecule has 0 radical (unpaired) electrons. The molecule has 2 fully saturated rings. The Hall–Kier alpha value is -0.120. The summed E-state index contributed by atoms with van der Waals surface area (Å²) < 4.78 is 5.31. The summed E-state index contributed by atoms with van der Waals surface area (Å²) in [6, 6.07) is 1.09. The van der Waals surface area contributed by atoms with Crippen LogP contribution in [0.25, 0.3) is 0 Å². The minimum Gasteiger partial charge on any atom is -0.383 e. The molecule has 20 heavy (non-hydrogen) atoms. The van der Waals surface area contributed by atoms with E-state index in [-0.39, 0.29) is 0 Å². The first kappa shape index (κ1) is 16.3. The van der Waals surface area contributed by atoms with E-state index in [0.29, 0.717) is 23.4 Å². The molecular weight excluding hydrogens is 248 g/mol. The number of hydrogen-bond acceptors (Lipinski definition) is 3. The highest BCUT2D eigenvalue weighted by atomic mass is 16.5. The molecule has 0 aromatic carbocycles. The molecular formula is C17H34N2O. The van der Waals surface area contributed by atoms with Gasteiger partial charge in [-0.1, -0.05) is 13.8 Å². The van der Waals surface area contributed by atoms with Crippen molar-refractivity contribution in [2.24, 2.45) is 23.0 Å². The van der Waals surface area contributed by atoms with Crippen LogP contribution in [0.1, 0.15) is 52.9 Å². The zero-order valence-electron chi connectivity index (χ0n) is 13.9. The second-order valence-corrected chi connectivity index (χ2v) is 7.90. The molecule has 2 saturated carbocycles. The van der Waals surface area contributed by atoms with Crippen molar-refractivity contribution < 1.29 is 4.74 Å². The second kappa shape index (κ2) is 6.76. The smallest absolute Gasteiger partial charge is 0.0589 e. The third-order valence-corrected chi connectivity index (χ3v) is 5.51. The first-order chi connectivity index (χ1) is 9.43. The first-order valence-electron chi connectivity index (χ1n) is 8.41. The molecule has 2 rings (SSSR count). The SMILES string of the molecule is COCCN(CC1CC(C)(C)CCC1N)C(C)C1CC1. The van der Waals surface area contributed by atoms with Gasteiger partial charge in [-0.25, -0.2) is 0 Å². The lowest BCUT2D eigenvalue weighted by Gasteiger charge is -2.42. The maximum absolute atomic E-state index is 6.41. The van der Waals surface area contributed by atoms with Crippen LogP contribution < -0.4 is 5.73 Å². The highest BCUT2D eigenvalue weighted by Crippen LogP contribution is 2.40. The molecule has 3 unspecified atom stereocenters. The Morgan fingerprint density at radius 1 is 1.30 bits per heavy atom. The Morgan fingerprint density at radius 2 is 2.00 bits per heavy atom. The Kier molecular flexibility index (Phi) is 5.49. The summed E-state index contributed by atoms with van der Waals surface area (Å²) in [4.78, 5) is 2.65. The number of nitrogens with two attached hydrogens (primary N) is 1. The first-order valence-corrected chi connectivity index (χ1v) is 8.41. The van der Waals surface area contributed by atoms with Crippen molar-refractivity contribution >= 4 is 0 Å². The molecule has 2 N–H and O–H groups in total. The second-order valence-electron chi connectivity index (χ2n) is 7.90. The van der Waals surface area contributed by atoms with Crippen LogP contribution in [0.5, 0.6) is 0 Å². The maximum atomic E-state index is 6.41. The molecule has 2 aliphatic rings. The van der Waals surface area contributed by atoms with Gasteiger partial charge in [-0.2, -0.15) is 0 Å². The van der Waals surface area contributed by atoms with Gasteiger partial charge in [-0.05, 0) is 56.3 Å². The number of ether oxygens (including phenoxy) is 1. The van der Waals surface area contributed by atoms with Crippen molar-refractivity contribution in [3.8, 4) is 0 Å². The van der Waals surface area contributed by atoms with E-state index in [9.17, 15) is 0 Å². The van der Waals surface area contributed by atoms with E-state index in [1.54, 1.807) is 7.11 Å². The van der Waals surface area contributed by atoms with Crippen LogP contribution >= 0.6 is 0 Å². The predicted molar refractivity (Wildman–Crippen MR) is 84.7 cm³/mol. The standard InChI is InChI=1S/C17H34N2O/c1-13(14-5-6-14)19(9-10-20-4)12-15-11-17(2,3)8-7-16(15)18/h13-16H,5-12,18H2,1-4H3. The third-order valence-electron chi connectivity index (χ3n) is 5.51. The molecule has 0 bridgehead atoms. The van der Waals surface area contributed by atoms with Crippen LogP contribution in [0.2, 0.25) is 0 Å². The average molecular weight is 282 g/mol. The summed E-state index contributed by atoms with van der Waals surface area (Å²) in [7, 11) is 1.80. The van der Waals surface area contributed by atoms with Crippen molar-refractivity contribution in [2.45, 2.75) is 65.0 Å². The normalized spacial score (nSPS) is 31.5. The molecule has 0 amide bonds. The van der Waals surface area contributed by atoms with Crippen molar-refractivity contribution in [2.75, 3.05) is 26.8 Å². The fraction of sp³-hybridized carbons (Fsp3) is 1.00. The fourth-order valence-corrected chi connectivity index (χ4v) is 3.80. The van der Waals surface area contributed by atoms with E-state index in [1.165, 1.54) is 32.1 Å². The Bertz CT molecular complexity index is 301. The molecule has 0 aromatic heterocycles. The zero-order valence-corrected chi connectivity index (χ0v) is 13.9. The summed E-state index contributed by atoms with van der Waals surface area (Å²) in [5.41, 5.74) is 6.88. The van der Waals surface area contributed by atoms with E-state index in [0.717, 1.165) is 25.6 Å². The van der Waals surface area contributed by atoms with Gasteiger partial charge in [0.25, 0.3) is 0 Å². The topological polar surface area (TPSA) is 38.5 Å². The number of nitrogens with zero attached hydrogens (tertiary/aromatic N) is 1. The summed E-state index contributed by atoms with van der Waals surface area (Å²) in [5, 5.41) is 0. The maximum Gasteiger partial charge on any atom is 0.0589 e. The van der Waals surface area contributed by atoms with Gasteiger partial charge in [0.2, 0.25) is 0 Å². The zero-order chi connectivity index (χ0) is 14.8. The quantitative estimate of drug-likeness (QED) is 0.780. The van der Waals surface area contributed by atoms with Crippen molar-refractivity contribution in [3.63, 3.8) is 0 Å². The minimum absolute atomic E-state index is 0.388. The highest BCUT2D eigenvalue weighted by Gasteiger charge is 2.37. The predicted octanol–water partition coefficient (Wildman–Crippen LogP) is 2.89. The number of hydrogen-bond donors (Lipinski definition) is 1. The lowest BCUT2D eigenvalue weighted by atomic mass is 9.70. The Morgan fingerprint density at radius 3 is 2.60 bits per heavy atom. The molecule has 3 atom stereocenters. The monoisotopic (exact) mass is 282 g/mol. The summed E-state index contributed by atoms with van der Waals surface area (Å²) in [6.45, 7) is 10.2. The van der Waals surface area contributed by atoms with Gasteiger partial charge < -0.3 is 10.5 Å². The molecule has 0 aliphatic heterocycles. The lowest BCUT2D eigenvalue weighted by Crippen LogP contribution is -2.48. The number of rotatable bonds is 7. The van der Waals surface area contributed by atoms with Gasteiger partial charge in [0.05, 0.1) is 6.61 Å². The van der Waals surface area contributed by atoms with Gasteiger partial charge in [0, 0.05) is 32.3 Å². The van der Waals surface area contributed by atoms with Gasteiger partial charge in [-0.3, -0.25) is 4.90 Å². The number of methoxy groups -OCH3 is 1. The summed E-state index contributed by atoms with van der Waals surface area (Å²) in [5.74, 6) is 1.57. The van der Waals surface area contributed by atoms with Crippen LogP contribution in [-0.4, -0.2) is 43.8 Å². The van der Waals surface area contributed by atoms with Crippen molar-refractivity contribution in [1.29, 1.82) is 0 Å². The van der Waals surface area contributed by atoms with E-state index < -0.39 is 0 Å². The Balaban J connectivity index is 1.94. The molecule has 0 aromatic rings. The average Bonchev–Trinajstić information content (AvgIpc) is 3.22. The van der Waals surface area contributed by atoms with Gasteiger partial charge in [0.15, 0.2) is 0 Å². The highest BCUT2D eigenvalue weighted by molar-refractivity contribution is 4.91. The molecule has 3 heteroatoms. The molecule has 0 saturated heterocycles. The largest absolute Gasteiger partial charge is 0.383 e. The van der Waals surface area contributed by atoms with Crippen molar-refractivity contribution in [1.82, 2.24) is 4.90 Å². The van der Waals surface area contributed by atoms with Crippen LogP contribution in [0.3, 0.4) is 0 Å². The molecule has 118 valence electrons. The molecule has 0 spiro atoms. The molecule has 2 aliphatic carbocycles. The van der Waals surface area contributed by atoms with Crippen LogP contribution in [-0.2, 0) is 4.74 Å². The summed E-state index contributed by atoms with van der Waals surface area (Å²) >= 11 is 0. The van der Waals surface area contributed by atoms with Gasteiger partial charge in [-0.15, -0.1) is 0 Å². The van der Waals surface area contributed by atoms with Crippen LogP contribution in [0, 0.1) is 17.3 Å². The Labute approximate surface area is 125 Å². The van der Waals surface area contributed by atoms with Crippen LogP contribution in [0.15, 0.2) is 0 Å². The van der Waals surface area contributed by atoms with Gasteiger partial charge >= 0.3 is 0 Å². The lowest BCUT2D eigenvalue weighted by molar-refractivity contribution is 0.0686. The van der Waals surface area contributed by atoms with Crippen molar-refractivity contribution in [3.05, 3.63) is 0 Å². The third kappa shape index (κ3) is 4.44. The van der Waals surface area contributed by atoms with E-state index in [4.69, 9.17) is 10.5 Å². The molecule has 3 nitrogen and oxygen atoms in total. The van der Waals surface area contributed by atoms with Crippen LogP contribution in [0.4, 0.5) is 0 Å². The molecule has 0 heterocycles. The van der Waals surface area contributed by atoms with E-state index in [1.807, 2.05) is 0 Å². The van der Waals surface area contributed by atoms with E-state index >= 15 is 0 Å². The minimum atomic E-state index is 0.388. The fourth-order valence-electron chi connectivity index (χ4n) is 3.80. The van der Waals surface area contributed by atoms with Gasteiger partial charge in [0.1, 0.15) is 0 Å².